The van der Waals surface area contributed by atoms with E-state index < -0.39 is 0 Å². The van der Waals surface area contributed by atoms with Gasteiger partial charge in [0.05, 0.1) is 6.61 Å². The second-order valence-electron chi connectivity index (χ2n) is 5.30. The molecule has 0 aromatic rings. The lowest BCUT2D eigenvalue weighted by Gasteiger charge is -2.27. The van der Waals surface area contributed by atoms with E-state index >= 15 is 0 Å². The molecular weight excluding hydrogens is 264 g/mol. The number of nitrogens with zero attached hydrogens (tertiary/aromatic N) is 1. The first-order chi connectivity index (χ1) is 8.70. The van der Waals surface area contributed by atoms with Crippen molar-refractivity contribution in [3.8, 4) is 0 Å². The first-order valence-corrected chi connectivity index (χ1v) is 6.98. The molecule has 2 heterocycles. The van der Waals surface area contributed by atoms with E-state index in [9.17, 15) is 4.79 Å². The Morgan fingerprint density at radius 1 is 1.47 bits per heavy atom. The molecular formula is C14H25ClN2O2. The van der Waals surface area contributed by atoms with Crippen molar-refractivity contribution >= 4 is 18.3 Å². The van der Waals surface area contributed by atoms with Gasteiger partial charge >= 0.3 is 0 Å². The highest BCUT2D eigenvalue weighted by Crippen LogP contribution is 2.21. The highest BCUT2D eigenvalue weighted by Gasteiger charge is 2.32. The Hall–Kier alpha value is -0.580. The predicted molar refractivity (Wildman–Crippen MR) is 78.6 cm³/mol. The van der Waals surface area contributed by atoms with Crippen molar-refractivity contribution < 1.29 is 9.53 Å². The average Bonchev–Trinajstić information content (AvgIpc) is 2.68. The fourth-order valence-electron chi connectivity index (χ4n) is 2.80. The first kappa shape index (κ1) is 16.5. The van der Waals surface area contributed by atoms with Gasteiger partial charge in [-0.15, -0.1) is 19.0 Å². The van der Waals surface area contributed by atoms with E-state index in [1.165, 1.54) is 12.8 Å². The van der Waals surface area contributed by atoms with Crippen LogP contribution in [-0.2, 0) is 9.53 Å². The normalized spacial score (nSPS) is 27.3. The van der Waals surface area contributed by atoms with Crippen molar-refractivity contribution in [3.05, 3.63) is 12.7 Å². The monoisotopic (exact) mass is 288 g/mol. The summed E-state index contributed by atoms with van der Waals surface area (Å²) < 4.78 is 5.54. The summed E-state index contributed by atoms with van der Waals surface area (Å²) in [5.41, 5.74) is 0. The van der Waals surface area contributed by atoms with E-state index in [-0.39, 0.29) is 24.4 Å². The van der Waals surface area contributed by atoms with Crippen LogP contribution in [0, 0.1) is 0 Å². The van der Waals surface area contributed by atoms with Gasteiger partial charge in [0.15, 0.2) is 0 Å². The third kappa shape index (κ3) is 4.48. The summed E-state index contributed by atoms with van der Waals surface area (Å²) in [6.45, 7) is 7.78. The van der Waals surface area contributed by atoms with E-state index in [4.69, 9.17) is 4.74 Å². The standard InChI is InChI=1S/C14H24N2O2.ClH/c1-3-4-9-18-11(2)14(17)16-8-7-12-5-6-13(10-16)15-12;/h3,11-13,15H,1,4-10H2,2H3;1H. The molecule has 2 aliphatic rings. The molecule has 2 saturated heterocycles. The van der Waals surface area contributed by atoms with Gasteiger partial charge in [0.25, 0.3) is 5.91 Å². The van der Waals surface area contributed by atoms with Crippen molar-refractivity contribution in [3.63, 3.8) is 0 Å². The molecule has 1 amide bonds. The zero-order valence-corrected chi connectivity index (χ0v) is 12.5. The number of carbonyl (C=O) groups is 1. The fraction of sp³-hybridized carbons (Fsp3) is 0.786. The number of fused-ring (bicyclic) bond motifs is 2. The third-order valence-corrected chi connectivity index (χ3v) is 3.87. The molecule has 4 nitrogen and oxygen atoms in total. The summed E-state index contributed by atoms with van der Waals surface area (Å²) >= 11 is 0. The Morgan fingerprint density at radius 3 is 2.95 bits per heavy atom. The van der Waals surface area contributed by atoms with Gasteiger partial charge in [0, 0.05) is 25.2 Å². The van der Waals surface area contributed by atoms with E-state index in [2.05, 4.69) is 11.9 Å². The SMILES string of the molecule is C=CCCOC(C)C(=O)N1CCC2CCC(C1)N2.Cl. The molecule has 0 radical (unpaired) electrons. The van der Waals surface area contributed by atoms with Crippen molar-refractivity contribution in [2.75, 3.05) is 19.7 Å². The lowest BCUT2D eigenvalue weighted by atomic mass is 10.1. The Kier molecular flexibility index (Phi) is 6.83. The Bertz CT molecular complexity index is 312. The number of hydrogen-bond acceptors (Lipinski definition) is 3. The van der Waals surface area contributed by atoms with Crippen molar-refractivity contribution in [1.82, 2.24) is 10.2 Å². The molecule has 2 rings (SSSR count). The molecule has 0 aliphatic carbocycles. The minimum atomic E-state index is -0.332. The number of rotatable bonds is 5. The van der Waals surface area contributed by atoms with Crippen molar-refractivity contribution in [1.29, 1.82) is 0 Å². The maximum atomic E-state index is 12.3. The number of hydrogen-bond donors (Lipinski definition) is 1. The van der Waals surface area contributed by atoms with E-state index in [1.807, 2.05) is 17.9 Å². The second kappa shape index (κ2) is 7.88. The number of nitrogens with one attached hydrogen (secondary N) is 1. The van der Waals surface area contributed by atoms with Crippen LogP contribution in [0.4, 0.5) is 0 Å². The van der Waals surface area contributed by atoms with Crippen molar-refractivity contribution in [2.45, 2.75) is 50.8 Å². The molecule has 5 heteroatoms. The van der Waals surface area contributed by atoms with Crippen LogP contribution in [0.5, 0.6) is 0 Å². The first-order valence-electron chi connectivity index (χ1n) is 6.98. The van der Waals surface area contributed by atoms with Crippen LogP contribution in [0.25, 0.3) is 0 Å². The van der Waals surface area contributed by atoms with E-state index in [0.29, 0.717) is 18.7 Å². The molecule has 19 heavy (non-hydrogen) atoms. The average molecular weight is 289 g/mol. The van der Waals surface area contributed by atoms with Gasteiger partial charge in [-0.1, -0.05) is 6.08 Å². The van der Waals surface area contributed by atoms with Crippen LogP contribution in [0.1, 0.15) is 32.6 Å². The Balaban J connectivity index is 0.00000180. The summed E-state index contributed by atoms with van der Waals surface area (Å²) in [5.74, 6) is 0.133. The van der Waals surface area contributed by atoms with Gasteiger partial charge in [-0.3, -0.25) is 4.79 Å². The highest BCUT2D eigenvalue weighted by atomic mass is 35.5. The van der Waals surface area contributed by atoms with Crippen LogP contribution in [0.15, 0.2) is 12.7 Å². The largest absolute Gasteiger partial charge is 0.368 e. The zero-order chi connectivity index (χ0) is 13.0. The topological polar surface area (TPSA) is 41.6 Å². The van der Waals surface area contributed by atoms with Crippen LogP contribution in [-0.4, -0.2) is 48.7 Å². The van der Waals surface area contributed by atoms with Gasteiger partial charge in [-0.05, 0) is 32.6 Å². The molecule has 0 saturated carbocycles. The summed E-state index contributed by atoms with van der Waals surface area (Å²) in [5, 5.41) is 3.58. The third-order valence-electron chi connectivity index (χ3n) is 3.87. The second-order valence-corrected chi connectivity index (χ2v) is 5.30. The maximum absolute atomic E-state index is 12.3. The van der Waals surface area contributed by atoms with Gasteiger partial charge in [-0.2, -0.15) is 0 Å². The highest BCUT2D eigenvalue weighted by molar-refractivity contribution is 5.85. The molecule has 2 bridgehead atoms. The van der Waals surface area contributed by atoms with Crippen LogP contribution in [0.3, 0.4) is 0 Å². The summed E-state index contributed by atoms with van der Waals surface area (Å²) in [6, 6.07) is 1.10. The number of amides is 1. The number of halogens is 1. The van der Waals surface area contributed by atoms with Crippen molar-refractivity contribution in [2.24, 2.45) is 0 Å². The molecule has 2 fully saturated rings. The molecule has 0 spiro atoms. The molecule has 1 N–H and O–H groups in total. The van der Waals surface area contributed by atoms with Crippen LogP contribution in [0.2, 0.25) is 0 Å². The smallest absolute Gasteiger partial charge is 0.251 e. The molecule has 2 aliphatic heterocycles. The Morgan fingerprint density at radius 2 is 2.21 bits per heavy atom. The van der Waals surface area contributed by atoms with E-state index in [0.717, 1.165) is 25.9 Å². The summed E-state index contributed by atoms with van der Waals surface area (Å²) in [6.07, 6.45) is 5.80. The number of carbonyl (C=O) groups excluding carboxylic acids is 1. The minimum Gasteiger partial charge on any atom is -0.368 e. The summed E-state index contributed by atoms with van der Waals surface area (Å²) in [4.78, 5) is 14.2. The number of ether oxygens (including phenoxy) is 1. The van der Waals surface area contributed by atoms with Gasteiger partial charge < -0.3 is 15.0 Å². The lowest BCUT2D eigenvalue weighted by Crippen LogP contribution is -2.44. The van der Waals surface area contributed by atoms with Gasteiger partial charge in [-0.25, -0.2) is 0 Å². The maximum Gasteiger partial charge on any atom is 0.251 e. The van der Waals surface area contributed by atoms with Gasteiger partial charge in [0.2, 0.25) is 0 Å². The molecule has 0 aromatic heterocycles. The van der Waals surface area contributed by atoms with E-state index in [1.54, 1.807) is 0 Å². The quantitative estimate of drug-likeness (QED) is 0.619. The van der Waals surface area contributed by atoms with Gasteiger partial charge in [0.1, 0.15) is 6.10 Å². The molecule has 110 valence electrons. The lowest BCUT2D eigenvalue weighted by molar-refractivity contribution is -0.142. The number of likely N-dealkylation sites (tertiary alicyclic amines) is 1. The minimum absolute atomic E-state index is 0. The van der Waals surface area contributed by atoms with Crippen LogP contribution >= 0.6 is 12.4 Å². The zero-order valence-electron chi connectivity index (χ0n) is 11.6. The molecule has 3 unspecified atom stereocenters. The van der Waals surface area contributed by atoms with Crippen LogP contribution < -0.4 is 5.32 Å². The Labute approximate surface area is 122 Å². The molecule has 0 aromatic carbocycles. The molecule has 3 atom stereocenters. The summed E-state index contributed by atoms with van der Waals surface area (Å²) in [7, 11) is 0. The fourth-order valence-corrected chi connectivity index (χ4v) is 2.80. The predicted octanol–water partition coefficient (Wildman–Crippen LogP) is 1.74.